The van der Waals surface area contributed by atoms with Crippen molar-refractivity contribution in [2.45, 2.75) is 79.1 Å². The lowest BCUT2D eigenvalue weighted by Gasteiger charge is -2.10. The van der Waals surface area contributed by atoms with E-state index in [1.807, 2.05) is 13.8 Å². The van der Waals surface area contributed by atoms with Gasteiger partial charge in [0.1, 0.15) is 17.3 Å². The first-order chi connectivity index (χ1) is 9.38. The summed E-state index contributed by atoms with van der Waals surface area (Å²) in [7, 11) is 0. The molecule has 0 aromatic heterocycles. The van der Waals surface area contributed by atoms with E-state index in [1.54, 1.807) is 13.8 Å². The van der Waals surface area contributed by atoms with Crippen molar-refractivity contribution in [1.29, 1.82) is 0 Å². The third-order valence-corrected chi connectivity index (χ3v) is 4.13. The van der Waals surface area contributed by atoms with E-state index in [-0.39, 0.29) is 29.2 Å². The van der Waals surface area contributed by atoms with Crippen LogP contribution in [0, 0.1) is 11.8 Å². The largest absolute Gasteiger partial charge is 0.300 e. The minimum absolute atomic E-state index is 0.0513. The summed E-state index contributed by atoms with van der Waals surface area (Å²) in [6.07, 6.45) is 6.51. The Labute approximate surface area is 123 Å². The summed E-state index contributed by atoms with van der Waals surface area (Å²) in [4.78, 5) is 34.1. The Bertz CT molecular complexity index is 320. The fourth-order valence-corrected chi connectivity index (χ4v) is 2.31. The number of carbonyl (C=O) groups is 3. The van der Waals surface area contributed by atoms with Crippen molar-refractivity contribution in [3.63, 3.8) is 0 Å². The number of rotatable bonds is 12. The second-order valence-electron chi connectivity index (χ2n) is 5.90. The quantitative estimate of drug-likeness (QED) is 0.506. The van der Waals surface area contributed by atoms with Gasteiger partial charge in [-0.05, 0) is 39.5 Å². The van der Waals surface area contributed by atoms with E-state index in [9.17, 15) is 14.4 Å². The van der Waals surface area contributed by atoms with Crippen molar-refractivity contribution in [1.82, 2.24) is 0 Å². The first kappa shape index (κ1) is 19.0. The third kappa shape index (κ3) is 9.00. The molecule has 3 nitrogen and oxygen atoms in total. The fourth-order valence-electron chi connectivity index (χ4n) is 2.31. The highest BCUT2D eigenvalue weighted by Crippen LogP contribution is 2.15. The van der Waals surface area contributed by atoms with E-state index in [2.05, 4.69) is 0 Å². The molecule has 0 aliphatic heterocycles. The molecule has 0 aliphatic rings. The van der Waals surface area contributed by atoms with Crippen molar-refractivity contribution in [3.05, 3.63) is 0 Å². The zero-order valence-electron chi connectivity index (χ0n) is 13.5. The summed E-state index contributed by atoms with van der Waals surface area (Å²) >= 11 is 0. The molecule has 2 atom stereocenters. The van der Waals surface area contributed by atoms with E-state index < -0.39 is 0 Å². The van der Waals surface area contributed by atoms with Crippen LogP contribution in [0.4, 0.5) is 0 Å². The average Bonchev–Trinajstić information content (AvgIpc) is 2.38. The van der Waals surface area contributed by atoms with Gasteiger partial charge in [0.2, 0.25) is 0 Å². The van der Waals surface area contributed by atoms with E-state index in [4.69, 9.17) is 0 Å². The molecule has 0 radical (unpaired) electrons. The number of Topliss-reactive ketones (excluding diaryl/α,β-unsaturated/α-hetero) is 3. The maximum atomic E-state index is 11.7. The van der Waals surface area contributed by atoms with Gasteiger partial charge in [0.15, 0.2) is 0 Å². The third-order valence-electron chi connectivity index (χ3n) is 4.13. The Morgan fingerprint density at radius 2 is 1.50 bits per heavy atom. The van der Waals surface area contributed by atoms with Gasteiger partial charge in [-0.3, -0.25) is 14.4 Å². The van der Waals surface area contributed by atoms with Gasteiger partial charge in [-0.15, -0.1) is 0 Å². The molecule has 0 saturated carbocycles. The second kappa shape index (κ2) is 10.8. The highest BCUT2D eigenvalue weighted by Gasteiger charge is 2.13. The van der Waals surface area contributed by atoms with E-state index in [0.29, 0.717) is 19.3 Å². The standard InChI is InChI=1S/C17H30O3/c1-5-16(15(4)19)11-12-17(20)10-8-6-7-9-13(2)14(3)18/h13,16H,5-12H2,1-4H3. The molecular weight excluding hydrogens is 252 g/mol. The summed E-state index contributed by atoms with van der Waals surface area (Å²) in [5.74, 6) is 0.903. The summed E-state index contributed by atoms with van der Waals surface area (Å²) < 4.78 is 0. The van der Waals surface area contributed by atoms with Gasteiger partial charge in [-0.1, -0.05) is 26.7 Å². The first-order valence-corrected chi connectivity index (χ1v) is 7.91. The zero-order valence-corrected chi connectivity index (χ0v) is 13.5. The number of hydrogen-bond acceptors (Lipinski definition) is 3. The van der Waals surface area contributed by atoms with E-state index in [1.165, 1.54) is 0 Å². The van der Waals surface area contributed by atoms with Crippen LogP contribution in [0.25, 0.3) is 0 Å². The van der Waals surface area contributed by atoms with Crippen molar-refractivity contribution in [3.8, 4) is 0 Å². The van der Waals surface area contributed by atoms with Gasteiger partial charge in [-0.2, -0.15) is 0 Å². The molecule has 0 rings (SSSR count). The maximum absolute atomic E-state index is 11.7. The minimum atomic E-state index is 0.0513. The summed E-state index contributed by atoms with van der Waals surface area (Å²) in [5.41, 5.74) is 0. The monoisotopic (exact) mass is 282 g/mol. The van der Waals surface area contributed by atoms with E-state index in [0.717, 1.165) is 32.1 Å². The lowest BCUT2D eigenvalue weighted by Crippen LogP contribution is -2.12. The Kier molecular flexibility index (Phi) is 10.2. The van der Waals surface area contributed by atoms with Crippen LogP contribution in [0.15, 0.2) is 0 Å². The normalized spacial score (nSPS) is 13.8. The van der Waals surface area contributed by atoms with Gasteiger partial charge >= 0.3 is 0 Å². The molecule has 3 heteroatoms. The Balaban J connectivity index is 3.64. The highest BCUT2D eigenvalue weighted by molar-refractivity contribution is 5.81. The molecule has 0 spiro atoms. The number of unbranched alkanes of at least 4 members (excludes halogenated alkanes) is 2. The molecule has 0 aromatic carbocycles. The summed E-state index contributed by atoms with van der Waals surface area (Å²) in [6.45, 7) is 7.19. The molecule has 0 heterocycles. The van der Waals surface area contributed by atoms with Crippen LogP contribution in [0.3, 0.4) is 0 Å². The van der Waals surface area contributed by atoms with Crippen LogP contribution in [-0.4, -0.2) is 17.3 Å². The van der Waals surface area contributed by atoms with Crippen molar-refractivity contribution in [2.24, 2.45) is 11.8 Å². The smallest absolute Gasteiger partial charge is 0.132 e. The second-order valence-corrected chi connectivity index (χ2v) is 5.90. The first-order valence-electron chi connectivity index (χ1n) is 7.91. The predicted molar refractivity (Wildman–Crippen MR) is 81.6 cm³/mol. The molecule has 2 unspecified atom stereocenters. The molecule has 20 heavy (non-hydrogen) atoms. The van der Waals surface area contributed by atoms with Crippen LogP contribution < -0.4 is 0 Å². The van der Waals surface area contributed by atoms with Crippen molar-refractivity contribution >= 4 is 17.3 Å². The average molecular weight is 282 g/mol. The van der Waals surface area contributed by atoms with Crippen LogP contribution in [0.2, 0.25) is 0 Å². The molecule has 0 fully saturated rings. The van der Waals surface area contributed by atoms with Gasteiger partial charge in [0.25, 0.3) is 0 Å². The molecule has 0 saturated heterocycles. The van der Waals surface area contributed by atoms with Gasteiger partial charge in [0, 0.05) is 24.7 Å². The predicted octanol–water partition coefficient (Wildman–Crippen LogP) is 4.13. The minimum Gasteiger partial charge on any atom is -0.300 e. The molecule has 0 aliphatic carbocycles. The zero-order chi connectivity index (χ0) is 15.5. The van der Waals surface area contributed by atoms with Crippen molar-refractivity contribution < 1.29 is 14.4 Å². The molecule has 116 valence electrons. The number of hydrogen-bond donors (Lipinski definition) is 0. The number of ketones is 3. The topological polar surface area (TPSA) is 51.2 Å². The molecule has 0 N–H and O–H groups in total. The Morgan fingerprint density at radius 3 is 2.00 bits per heavy atom. The fraction of sp³-hybridized carbons (Fsp3) is 0.824. The van der Waals surface area contributed by atoms with E-state index >= 15 is 0 Å². The van der Waals surface area contributed by atoms with Gasteiger partial charge < -0.3 is 0 Å². The summed E-state index contributed by atoms with van der Waals surface area (Å²) in [5, 5.41) is 0. The Hall–Kier alpha value is -0.990. The molecule has 0 bridgehead atoms. The number of carbonyl (C=O) groups excluding carboxylic acids is 3. The highest BCUT2D eigenvalue weighted by atomic mass is 16.1. The summed E-state index contributed by atoms with van der Waals surface area (Å²) in [6, 6.07) is 0. The Morgan fingerprint density at radius 1 is 0.850 bits per heavy atom. The molecular formula is C17H30O3. The lowest BCUT2D eigenvalue weighted by atomic mass is 9.94. The van der Waals surface area contributed by atoms with Gasteiger partial charge in [-0.25, -0.2) is 0 Å². The lowest BCUT2D eigenvalue weighted by molar-refractivity contribution is -0.122. The molecule has 0 aromatic rings. The van der Waals surface area contributed by atoms with Crippen LogP contribution in [-0.2, 0) is 14.4 Å². The van der Waals surface area contributed by atoms with Crippen LogP contribution in [0.1, 0.15) is 79.1 Å². The van der Waals surface area contributed by atoms with Crippen molar-refractivity contribution in [2.75, 3.05) is 0 Å². The van der Waals surface area contributed by atoms with Crippen LogP contribution >= 0.6 is 0 Å². The SMILES string of the molecule is CCC(CCC(=O)CCCCCC(C)C(C)=O)C(C)=O. The van der Waals surface area contributed by atoms with Crippen LogP contribution in [0.5, 0.6) is 0 Å². The van der Waals surface area contributed by atoms with Gasteiger partial charge in [0.05, 0.1) is 0 Å². The molecule has 0 amide bonds. The maximum Gasteiger partial charge on any atom is 0.132 e.